The molecule has 0 saturated heterocycles. The molecule has 0 heterocycles. The average Bonchev–Trinajstić information content (AvgIpc) is 2.62. The summed E-state index contributed by atoms with van der Waals surface area (Å²) in [6, 6.07) is 7.75. The molecule has 0 aliphatic carbocycles. The molecule has 0 amide bonds. The highest BCUT2D eigenvalue weighted by atomic mass is 35.5. The molecule has 7 heteroatoms. The molecule has 0 aromatic heterocycles. The van der Waals surface area contributed by atoms with Crippen molar-refractivity contribution >= 4 is 41.1 Å². The van der Waals surface area contributed by atoms with Gasteiger partial charge in [0.15, 0.2) is 11.5 Å². The summed E-state index contributed by atoms with van der Waals surface area (Å²) in [7, 11) is 1.53. The van der Waals surface area contributed by atoms with Crippen molar-refractivity contribution in [1.29, 1.82) is 0 Å². The van der Waals surface area contributed by atoms with Gasteiger partial charge in [-0.3, -0.25) is 4.99 Å². The maximum atomic E-state index is 11.1. The zero-order valence-corrected chi connectivity index (χ0v) is 16.1. The Bertz CT molecular complexity index is 837. The fourth-order valence-electron chi connectivity index (χ4n) is 2.10. The van der Waals surface area contributed by atoms with E-state index in [9.17, 15) is 4.79 Å². The van der Waals surface area contributed by atoms with Crippen LogP contribution in [-0.4, -0.2) is 30.5 Å². The Morgan fingerprint density at radius 1 is 1.27 bits per heavy atom. The van der Waals surface area contributed by atoms with Crippen LogP contribution in [0.2, 0.25) is 10.0 Å². The smallest absolute Gasteiger partial charge is 0.335 e. The first-order chi connectivity index (χ1) is 12.3. The predicted octanol–water partition coefficient (Wildman–Crippen LogP) is 5.63. The second-order valence-corrected chi connectivity index (χ2v) is 6.41. The van der Waals surface area contributed by atoms with E-state index >= 15 is 0 Å². The Morgan fingerprint density at radius 3 is 2.62 bits per heavy atom. The lowest BCUT2D eigenvalue weighted by Gasteiger charge is -2.17. The molecule has 0 radical (unpaired) electrons. The van der Waals surface area contributed by atoms with Crippen LogP contribution in [0.25, 0.3) is 0 Å². The van der Waals surface area contributed by atoms with Gasteiger partial charge in [0.1, 0.15) is 0 Å². The molecule has 0 fully saturated rings. The van der Waals surface area contributed by atoms with Crippen LogP contribution in [0.15, 0.2) is 35.3 Å². The molecule has 2 rings (SSSR count). The third-order valence-electron chi connectivity index (χ3n) is 3.69. The summed E-state index contributed by atoms with van der Waals surface area (Å²) < 4.78 is 11.2. The Kier molecular flexibility index (Phi) is 6.89. The van der Waals surface area contributed by atoms with Crippen molar-refractivity contribution in [1.82, 2.24) is 0 Å². The lowest BCUT2D eigenvalue weighted by molar-refractivity contribution is 0.0697. The SMILES string of the molecule is CC[C@@H](C)Oc1c(Cl)cc(C=Nc2cc(C(=O)O)ccc2Cl)cc1OC. The van der Waals surface area contributed by atoms with E-state index in [4.69, 9.17) is 37.8 Å². The zero-order chi connectivity index (χ0) is 19.3. The summed E-state index contributed by atoms with van der Waals surface area (Å²) in [5.41, 5.74) is 1.12. The molecule has 2 aromatic carbocycles. The maximum Gasteiger partial charge on any atom is 0.335 e. The van der Waals surface area contributed by atoms with Gasteiger partial charge < -0.3 is 14.6 Å². The molecule has 0 spiro atoms. The molecule has 0 aliphatic heterocycles. The van der Waals surface area contributed by atoms with Crippen LogP contribution in [0.3, 0.4) is 0 Å². The van der Waals surface area contributed by atoms with Crippen LogP contribution >= 0.6 is 23.2 Å². The number of methoxy groups -OCH3 is 1. The molecule has 138 valence electrons. The summed E-state index contributed by atoms with van der Waals surface area (Å²) in [5, 5.41) is 9.82. The molecule has 26 heavy (non-hydrogen) atoms. The van der Waals surface area contributed by atoms with Gasteiger partial charge in [0.25, 0.3) is 0 Å². The number of carboxylic acid groups (broad SMARTS) is 1. The maximum absolute atomic E-state index is 11.1. The van der Waals surface area contributed by atoms with Crippen LogP contribution in [0.4, 0.5) is 5.69 Å². The number of benzene rings is 2. The number of halogens is 2. The molecule has 0 unspecified atom stereocenters. The molecule has 2 aromatic rings. The van der Waals surface area contributed by atoms with Gasteiger partial charge in [0.2, 0.25) is 0 Å². The fraction of sp³-hybridized carbons (Fsp3) is 0.263. The quantitative estimate of drug-likeness (QED) is 0.616. The van der Waals surface area contributed by atoms with Crippen molar-refractivity contribution in [3.05, 3.63) is 51.5 Å². The van der Waals surface area contributed by atoms with Gasteiger partial charge in [-0.2, -0.15) is 0 Å². The van der Waals surface area contributed by atoms with Crippen molar-refractivity contribution in [2.45, 2.75) is 26.4 Å². The first kappa shape index (κ1) is 20.1. The number of hydrogen-bond acceptors (Lipinski definition) is 4. The number of nitrogens with zero attached hydrogens (tertiary/aromatic N) is 1. The molecule has 1 N–H and O–H groups in total. The second kappa shape index (κ2) is 8.92. The van der Waals surface area contributed by atoms with Crippen LogP contribution in [0.5, 0.6) is 11.5 Å². The molecule has 1 atom stereocenters. The van der Waals surface area contributed by atoms with Crippen LogP contribution < -0.4 is 9.47 Å². The molecule has 0 saturated carbocycles. The highest BCUT2D eigenvalue weighted by molar-refractivity contribution is 6.33. The van der Waals surface area contributed by atoms with Gasteiger partial charge in [0, 0.05) is 6.21 Å². The van der Waals surface area contributed by atoms with Crippen LogP contribution in [0.1, 0.15) is 36.2 Å². The molecule has 0 bridgehead atoms. The van der Waals surface area contributed by atoms with Crippen LogP contribution in [-0.2, 0) is 0 Å². The van der Waals surface area contributed by atoms with E-state index in [0.717, 1.165) is 6.42 Å². The Morgan fingerprint density at radius 2 is 2.00 bits per heavy atom. The van der Waals surface area contributed by atoms with Gasteiger partial charge in [-0.25, -0.2) is 4.79 Å². The van der Waals surface area contributed by atoms with Crippen molar-refractivity contribution in [2.24, 2.45) is 4.99 Å². The minimum absolute atomic E-state index is 0.00141. The monoisotopic (exact) mass is 395 g/mol. The van der Waals surface area contributed by atoms with Gasteiger partial charge >= 0.3 is 5.97 Å². The van der Waals surface area contributed by atoms with E-state index < -0.39 is 5.97 Å². The number of ether oxygens (including phenoxy) is 2. The number of carboxylic acids is 1. The van der Waals surface area contributed by atoms with Crippen molar-refractivity contribution in [3.63, 3.8) is 0 Å². The van der Waals surface area contributed by atoms with Crippen LogP contribution in [0, 0.1) is 0 Å². The molecule has 5 nitrogen and oxygen atoms in total. The number of rotatable bonds is 7. The van der Waals surface area contributed by atoms with Crippen molar-refractivity contribution in [3.8, 4) is 11.5 Å². The largest absolute Gasteiger partial charge is 0.493 e. The molecule has 0 aliphatic rings. The van der Waals surface area contributed by atoms with E-state index in [2.05, 4.69) is 4.99 Å². The third kappa shape index (κ3) is 4.90. The normalized spacial score (nSPS) is 12.2. The summed E-state index contributed by atoms with van der Waals surface area (Å²) in [5.74, 6) is -0.0782. The Labute approximate surface area is 162 Å². The highest BCUT2D eigenvalue weighted by Crippen LogP contribution is 2.37. The average molecular weight is 396 g/mol. The van der Waals surface area contributed by atoms with E-state index in [1.165, 1.54) is 31.5 Å². The zero-order valence-electron chi connectivity index (χ0n) is 14.6. The van der Waals surface area contributed by atoms with Gasteiger partial charge in [0.05, 0.1) is 34.5 Å². The summed E-state index contributed by atoms with van der Waals surface area (Å²) in [6.45, 7) is 3.96. The topological polar surface area (TPSA) is 68.1 Å². The Hall–Kier alpha value is -2.24. The first-order valence-electron chi connectivity index (χ1n) is 7.96. The lowest BCUT2D eigenvalue weighted by Crippen LogP contribution is -2.11. The van der Waals surface area contributed by atoms with E-state index in [-0.39, 0.29) is 11.7 Å². The number of aliphatic imine (C=N–C) groups is 1. The second-order valence-electron chi connectivity index (χ2n) is 5.60. The summed E-state index contributed by atoms with van der Waals surface area (Å²) >= 11 is 12.4. The van der Waals surface area contributed by atoms with E-state index in [1.807, 2.05) is 13.8 Å². The van der Waals surface area contributed by atoms with E-state index in [1.54, 1.807) is 12.1 Å². The first-order valence-corrected chi connectivity index (χ1v) is 8.72. The third-order valence-corrected chi connectivity index (χ3v) is 4.29. The summed E-state index contributed by atoms with van der Waals surface area (Å²) in [6.07, 6.45) is 2.37. The van der Waals surface area contributed by atoms with Gasteiger partial charge in [-0.1, -0.05) is 30.1 Å². The number of hydrogen-bond donors (Lipinski definition) is 1. The summed E-state index contributed by atoms with van der Waals surface area (Å²) in [4.78, 5) is 15.3. The molecular weight excluding hydrogens is 377 g/mol. The van der Waals surface area contributed by atoms with E-state index in [0.29, 0.717) is 32.8 Å². The fourth-order valence-corrected chi connectivity index (χ4v) is 2.53. The number of carbonyl (C=O) groups is 1. The van der Waals surface area contributed by atoms with Crippen molar-refractivity contribution < 1.29 is 19.4 Å². The minimum atomic E-state index is -1.05. The molecular formula is C19H19Cl2NO4. The van der Waals surface area contributed by atoms with Crippen molar-refractivity contribution in [2.75, 3.05) is 7.11 Å². The Balaban J connectivity index is 2.35. The highest BCUT2D eigenvalue weighted by Gasteiger charge is 2.14. The van der Waals surface area contributed by atoms with Gasteiger partial charge in [-0.05, 0) is 49.2 Å². The standard InChI is InChI=1S/C19H19Cl2NO4/c1-4-11(2)26-18-15(21)7-12(8-17(18)25-3)10-22-16-9-13(19(23)24)5-6-14(16)20/h5-11H,4H2,1-3H3,(H,23,24)/t11-/m1/s1. The lowest BCUT2D eigenvalue weighted by atomic mass is 10.2. The number of aromatic carboxylic acids is 1. The van der Waals surface area contributed by atoms with Gasteiger partial charge in [-0.15, -0.1) is 0 Å². The predicted molar refractivity (Wildman–Crippen MR) is 104 cm³/mol. The minimum Gasteiger partial charge on any atom is -0.493 e.